The molecular formula is C13H19N7O2. The molecule has 0 saturated carbocycles. The minimum atomic E-state index is -0.263. The van der Waals surface area contributed by atoms with Gasteiger partial charge in [-0.15, -0.1) is 0 Å². The van der Waals surface area contributed by atoms with Crippen LogP contribution in [0.4, 0.5) is 0 Å². The van der Waals surface area contributed by atoms with E-state index in [-0.39, 0.29) is 12.0 Å². The van der Waals surface area contributed by atoms with Crippen molar-refractivity contribution < 1.29 is 9.53 Å². The number of nitrogens with one attached hydrogen (secondary N) is 1. The number of aromatic nitrogens is 6. The number of aryl methyl sites for hydroxylation is 2. The zero-order valence-corrected chi connectivity index (χ0v) is 12.5. The Morgan fingerprint density at radius 3 is 3.18 bits per heavy atom. The molecule has 2 aromatic rings. The Bertz CT molecular complexity index is 610. The molecule has 1 aliphatic rings. The molecule has 1 atom stereocenters. The first-order valence-electron chi connectivity index (χ1n) is 7.39. The fourth-order valence-corrected chi connectivity index (χ4v) is 2.36. The summed E-state index contributed by atoms with van der Waals surface area (Å²) in [5, 5.41) is 11.0. The number of hydrogen-bond acceptors (Lipinski definition) is 6. The highest BCUT2D eigenvalue weighted by Gasteiger charge is 2.27. The number of rotatable bonds is 5. The lowest BCUT2D eigenvalue weighted by Crippen LogP contribution is -2.42. The van der Waals surface area contributed by atoms with Crippen LogP contribution in [0.5, 0.6) is 0 Å². The molecule has 0 bridgehead atoms. The van der Waals surface area contributed by atoms with E-state index in [1.807, 2.05) is 6.92 Å². The molecule has 1 unspecified atom stereocenters. The SMILES string of the molecule is CCc1nc(C2CN(C(=O)CCn3cncn3)CCO2)n[nH]1. The van der Waals surface area contributed by atoms with Gasteiger partial charge in [-0.25, -0.2) is 9.97 Å². The van der Waals surface area contributed by atoms with Crippen molar-refractivity contribution in [1.29, 1.82) is 0 Å². The minimum absolute atomic E-state index is 0.0788. The lowest BCUT2D eigenvalue weighted by atomic mass is 10.2. The molecule has 0 spiro atoms. The third-order valence-electron chi connectivity index (χ3n) is 3.61. The standard InChI is InChI=1S/C13H19N7O2/c1-2-11-16-13(18-17-11)10-7-19(5-6-22-10)12(21)3-4-20-9-14-8-15-20/h8-10H,2-7H2,1H3,(H,16,17,18). The summed E-state index contributed by atoms with van der Waals surface area (Å²) >= 11 is 0. The molecule has 1 fully saturated rings. The van der Waals surface area contributed by atoms with Crippen molar-refractivity contribution in [2.24, 2.45) is 0 Å². The van der Waals surface area contributed by atoms with Crippen LogP contribution in [0, 0.1) is 0 Å². The number of H-pyrrole nitrogens is 1. The van der Waals surface area contributed by atoms with Crippen molar-refractivity contribution in [3.63, 3.8) is 0 Å². The summed E-state index contributed by atoms with van der Waals surface area (Å²) in [6.07, 6.45) is 3.99. The molecule has 3 rings (SSSR count). The molecule has 3 heterocycles. The summed E-state index contributed by atoms with van der Waals surface area (Å²) in [5.41, 5.74) is 0. The van der Waals surface area contributed by atoms with E-state index in [1.165, 1.54) is 6.33 Å². The minimum Gasteiger partial charge on any atom is -0.366 e. The maximum absolute atomic E-state index is 12.3. The maximum Gasteiger partial charge on any atom is 0.224 e. The Kier molecular flexibility index (Phi) is 4.42. The maximum atomic E-state index is 12.3. The van der Waals surface area contributed by atoms with Crippen LogP contribution in [0.3, 0.4) is 0 Å². The predicted molar refractivity (Wildman–Crippen MR) is 75.7 cm³/mol. The topological polar surface area (TPSA) is 102 Å². The highest BCUT2D eigenvalue weighted by molar-refractivity contribution is 5.76. The number of hydrogen-bond donors (Lipinski definition) is 1. The second kappa shape index (κ2) is 6.65. The number of nitrogens with zero attached hydrogens (tertiary/aromatic N) is 6. The number of aromatic amines is 1. The van der Waals surface area contributed by atoms with Gasteiger partial charge in [0.1, 0.15) is 24.6 Å². The van der Waals surface area contributed by atoms with Gasteiger partial charge in [0.15, 0.2) is 5.82 Å². The lowest BCUT2D eigenvalue weighted by molar-refractivity contribution is -0.139. The Morgan fingerprint density at radius 2 is 2.45 bits per heavy atom. The molecule has 0 aliphatic carbocycles. The first-order chi connectivity index (χ1) is 10.8. The second-order valence-corrected chi connectivity index (χ2v) is 5.10. The average molecular weight is 305 g/mol. The molecular weight excluding hydrogens is 286 g/mol. The van der Waals surface area contributed by atoms with Gasteiger partial charge >= 0.3 is 0 Å². The van der Waals surface area contributed by atoms with E-state index in [2.05, 4.69) is 25.3 Å². The van der Waals surface area contributed by atoms with Crippen molar-refractivity contribution in [2.45, 2.75) is 32.4 Å². The van der Waals surface area contributed by atoms with Crippen molar-refractivity contribution in [1.82, 2.24) is 34.8 Å². The van der Waals surface area contributed by atoms with Crippen LogP contribution in [0.2, 0.25) is 0 Å². The van der Waals surface area contributed by atoms with Crippen LogP contribution >= 0.6 is 0 Å². The fourth-order valence-electron chi connectivity index (χ4n) is 2.36. The van der Waals surface area contributed by atoms with Crippen molar-refractivity contribution in [3.8, 4) is 0 Å². The molecule has 118 valence electrons. The van der Waals surface area contributed by atoms with E-state index >= 15 is 0 Å². The van der Waals surface area contributed by atoms with Crippen molar-refractivity contribution in [2.75, 3.05) is 19.7 Å². The molecule has 1 amide bonds. The Balaban J connectivity index is 1.56. The normalized spacial score (nSPS) is 18.6. The third kappa shape index (κ3) is 3.30. The zero-order valence-electron chi connectivity index (χ0n) is 12.5. The van der Waals surface area contributed by atoms with Gasteiger partial charge in [-0.3, -0.25) is 14.6 Å². The summed E-state index contributed by atoms with van der Waals surface area (Å²) in [6, 6.07) is 0. The Labute approximate surface area is 127 Å². The van der Waals surface area contributed by atoms with Crippen molar-refractivity contribution in [3.05, 3.63) is 24.3 Å². The molecule has 1 saturated heterocycles. The van der Waals surface area contributed by atoms with Crippen molar-refractivity contribution >= 4 is 5.91 Å². The van der Waals surface area contributed by atoms with E-state index < -0.39 is 0 Å². The average Bonchev–Trinajstić information content (AvgIpc) is 3.24. The first-order valence-corrected chi connectivity index (χ1v) is 7.39. The van der Waals surface area contributed by atoms with Crippen LogP contribution in [-0.2, 0) is 22.5 Å². The zero-order chi connectivity index (χ0) is 15.4. The molecule has 0 radical (unpaired) electrons. The molecule has 2 aromatic heterocycles. The smallest absolute Gasteiger partial charge is 0.224 e. The van der Waals surface area contributed by atoms with Gasteiger partial charge in [0.05, 0.1) is 19.7 Å². The van der Waals surface area contributed by atoms with Crippen LogP contribution < -0.4 is 0 Å². The summed E-state index contributed by atoms with van der Waals surface area (Å²) in [4.78, 5) is 22.3. The van der Waals surface area contributed by atoms with Gasteiger partial charge in [-0.1, -0.05) is 6.92 Å². The summed E-state index contributed by atoms with van der Waals surface area (Å²) < 4.78 is 7.34. The third-order valence-corrected chi connectivity index (χ3v) is 3.61. The molecule has 22 heavy (non-hydrogen) atoms. The van der Waals surface area contributed by atoms with E-state index in [0.717, 1.165) is 12.2 Å². The Morgan fingerprint density at radius 1 is 1.55 bits per heavy atom. The number of morpholine rings is 1. The molecule has 1 N–H and O–H groups in total. The summed E-state index contributed by atoms with van der Waals surface area (Å²) in [7, 11) is 0. The van der Waals surface area contributed by atoms with Crippen LogP contribution in [-0.4, -0.2) is 60.4 Å². The monoisotopic (exact) mass is 305 g/mol. The van der Waals surface area contributed by atoms with Gasteiger partial charge in [0.2, 0.25) is 5.91 Å². The van der Waals surface area contributed by atoms with Gasteiger partial charge in [0.25, 0.3) is 0 Å². The van der Waals surface area contributed by atoms with Crippen LogP contribution in [0.1, 0.15) is 31.1 Å². The molecule has 0 aromatic carbocycles. The molecule has 9 heteroatoms. The lowest BCUT2D eigenvalue weighted by Gasteiger charge is -2.31. The number of amides is 1. The molecule has 9 nitrogen and oxygen atoms in total. The molecule has 1 aliphatic heterocycles. The quantitative estimate of drug-likeness (QED) is 0.831. The highest BCUT2D eigenvalue weighted by atomic mass is 16.5. The largest absolute Gasteiger partial charge is 0.366 e. The number of carbonyl (C=O) groups excluding carboxylic acids is 1. The van der Waals surface area contributed by atoms with E-state index in [9.17, 15) is 4.79 Å². The summed E-state index contributed by atoms with van der Waals surface area (Å²) in [6.45, 7) is 4.11. The van der Waals surface area contributed by atoms with E-state index in [0.29, 0.717) is 38.5 Å². The second-order valence-electron chi connectivity index (χ2n) is 5.10. The highest BCUT2D eigenvalue weighted by Crippen LogP contribution is 2.19. The predicted octanol–water partition coefficient (Wildman–Crippen LogP) is -0.0512. The van der Waals surface area contributed by atoms with Gasteiger partial charge in [-0.2, -0.15) is 10.2 Å². The van der Waals surface area contributed by atoms with E-state index in [4.69, 9.17) is 4.74 Å². The van der Waals surface area contributed by atoms with Crippen LogP contribution in [0.15, 0.2) is 12.7 Å². The summed E-state index contributed by atoms with van der Waals surface area (Å²) in [5.74, 6) is 1.52. The van der Waals surface area contributed by atoms with Crippen LogP contribution in [0.25, 0.3) is 0 Å². The van der Waals surface area contributed by atoms with Gasteiger partial charge < -0.3 is 9.64 Å². The van der Waals surface area contributed by atoms with Gasteiger partial charge in [0, 0.05) is 19.4 Å². The van der Waals surface area contributed by atoms with E-state index in [1.54, 1.807) is 15.9 Å². The first kappa shape index (κ1) is 14.6. The fraction of sp³-hybridized carbons (Fsp3) is 0.615. The number of ether oxygens (including phenoxy) is 1. The number of carbonyl (C=O) groups is 1. The van der Waals surface area contributed by atoms with Gasteiger partial charge in [-0.05, 0) is 0 Å². The Hall–Kier alpha value is -2.29.